The molecule has 2 aromatic heterocycles. The standard InChI is InChI=1S/C21H25N5O2/c1-16-2-4-17(5-3-16)13-25-9-10-26(14-19(25)7-11-27)20-12-18(6-8-22-20)21-23-15-28-24-21/h2-6,8,12,15,19,27H,7,9-11,13-14H2,1H3. The Balaban J connectivity index is 1.48. The van der Waals surface area contributed by atoms with Gasteiger partial charge in [0.05, 0.1) is 0 Å². The number of hydrogen-bond donors (Lipinski definition) is 1. The zero-order chi connectivity index (χ0) is 19.3. The summed E-state index contributed by atoms with van der Waals surface area (Å²) in [5.41, 5.74) is 3.46. The third-order valence-electron chi connectivity index (χ3n) is 5.26. The number of aromatic nitrogens is 3. The highest BCUT2D eigenvalue weighted by Crippen LogP contribution is 2.24. The molecule has 28 heavy (non-hydrogen) atoms. The van der Waals surface area contributed by atoms with E-state index in [9.17, 15) is 5.11 Å². The molecule has 4 rings (SSSR count). The van der Waals surface area contributed by atoms with Gasteiger partial charge in [-0.3, -0.25) is 4.90 Å². The van der Waals surface area contributed by atoms with Gasteiger partial charge >= 0.3 is 0 Å². The van der Waals surface area contributed by atoms with Gasteiger partial charge in [-0.1, -0.05) is 35.0 Å². The summed E-state index contributed by atoms with van der Waals surface area (Å²) in [5, 5.41) is 13.5. The van der Waals surface area contributed by atoms with E-state index in [4.69, 9.17) is 4.52 Å². The first-order valence-electron chi connectivity index (χ1n) is 9.61. The van der Waals surface area contributed by atoms with Crippen LogP contribution in [0.1, 0.15) is 17.5 Å². The number of aryl methyl sites for hydroxylation is 1. The molecule has 0 bridgehead atoms. The summed E-state index contributed by atoms with van der Waals surface area (Å²) in [5.74, 6) is 1.47. The molecule has 3 aromatic rings. The van der Waals surface area contributed by atoms with Crippen molar-refractivity contribution in [3.05, 3.63) is 60.1 Å². The van der Waals surface area contributed by atoms with Crippen molar-refractivity contribution in [1.29, 1.82) is 0 Å². The molecule has 7 nitrogen and oxygen atoms in total. The predicted molar refractivity (Wildman–Crippen MR) is 107 cm³/mol. The molecule has 146 valence electrons. The first-order chi connectivity index (χ1) is 13.7. The summed E-state index contributed by atoms with van der Waals surface area (Å²) in [6, 6.07) is 12.8. The molecule has 1 atom stereocenters. The molecule has 0 aliphatic carbocycles. The fourth-order valence-corrected chi connectivity index (χ4v) is 3.69. The van der Waals surface area contributed by atoms with E-state index in [1.165, 1.54) is 17.5 Å². The summed E-state index contributed by atoms with van der Waals surface area (Å²) in [6.07, 6.45) is 3.85. The van der Waals surface area contributed by atoms with Crippen molar-refractivity contribution in [2.45, 2.75) is 25.9 Å². The van der Waals surface area contributed by atoms with Crippen molar-refractivity contribution in [3.8, 4) is 11.4 Å². The predicted octanol–water partition coefficient (Wildman–Crippen LogP) is 2.51. The fourth-order valence-electron chi connectivity index (χ4n) is 3.69. The number of anilines is 1. The average molecular weight is 379 g/mol. The van der Waals surface area contributed by atoms with Crippen molar-refractivity contribution in [3.63, 3.8) is 0 Å². The average Bonchev–Trinajstić information content (AvgIpc) is 3.26. The van der Waals surface area contributed by atoms with Crippen LogP contribution in [0.4, 0.5) is 5.82 Å². The van der Waals surface area contributed by atoms with Gasteiger partial charge in [0.15, 0.2) is 0 Å². The van der Waals surface area contributed by atoms with Gasteiger partial charge < -0.3 is 14.5 Å². The van der Waals surface area contributed by atoms with Gasteiger partial charge in [-0.15, -0.1) is 0 Å². The minimum atomic E-state index is 0.180. The Kier molecular flexibility index (Phi) is 5.64. The Bertz CT molecular complexity index is 882. The molecule has 0 amide bonds. The van der Waals surface area contributed by atoms with Crippen LogP contribution in [0.25, 0.3) is 11.4 Å². The Morgan fingerprint density at radius 1 is 1.14 bits per heavy atom. The van der Waals surface area contributed by atoms with E-state index in [-0.39, 0.29) is 12.6 Å². The highest BCUT2D eigenvalue weighted by Gasteiger charge is 2.27. The van der Waals surface area contributed by atoms with Crippen molar-refractivity contribution in [2.75, 3.05) is 31.1 Å². The molecule has 1 N–H and O–H groups in total. The maximum atomic E-state index is 9.58. The number of rotatable bonds is 6. The maximum absolute atomic E-state index is 9.58. The molecule has 0 radical (unpaired) electrons. The summed E-state index contributed by atoms with van der Waals surface area (Å²) in [7, 11) is 0. The third-order valence-corrected chi connectivity index (χ3v) is 5.26. The van der Waals surface area contributed by atoms with Gasteiger partial charge in [0, 0.05) is 50.6 Å². The minimum Gasteiger partial charge on any atom is -0.396 e. The lowest BCUT2D eigenvalue weighted by molar-refractivity contribution is 0.135. The summed E-state index contributed by atoms with van der Waals surface area (Å²) < 4.78 is 4.85. The van der Waals surface area contributed by atoms with Crippen LogP contribution in [0.5, 0.6) is 0 Å². The van der Waals surface area contributed by atoms with Crippen molar-refractivity contribution >= 4 is 5.82 Å². The van der Waals surface area contributed by atoms with Crippen LogP contribution in [0.3, 0.4) is 0 Å². The molecule has 0 saturated carbocycles. The Labute approximate surface area is 164 Å². The van der Waals surface area contributed by atoms with E-state index in [0.717, 1.165) is 44.0 Å². The molecule has 1 unspecified atom stereocenters. The molecule has 1 fully saturated rings. The van der Waals surface area contributed by atoms with E-state index in [0.29, 0.717) is 5.82 Å². The van der Waals surface area contributed by atoms with E-state index < -0.39 is 0 Å². The van der Waals surface area contributed by atoms with E-state index in [1.807, 2.05) is 12.1 Å². The molecule has 7 heteroatoms. The zero-order valence-electron chi connectivity index (χ0n) is 16.0. The van der Waals surface area contributed by atoms with Crippen LogP contribution in [0, 0.1) is 6.92 Å². The Morgan fingerprint density at radius 2 is 2.00 bits per heavy atom. The van der Waals surface area contributed by atoms with Crippen molar-refractivity contribution in [1.82, 2.24) is 20.0 Å². The largest absolute Gasteiger partial charge is 0.396 e. The second kappa shape index (κ2) is 8.50. The number of piperazine rings is 1. The quantitative estimate of drug-likeness (QED) is 0.705. The molecule has 3 heterocycles. The zero-order valence-corrected chi connectivity index (χ0v) is 16.0. The van der Waals surface area contributed by atoms with Crippen molar-refractivity contribution < 1.29 is 9.63 Å². The number of nitrogens with zero attached hydrogens (tertiary/aromatic N) is 5. The van der Waals surface area contributed by atoms with Gasteiger partial charge in [0.2, 0.25) is 12.2 Å². The first-order valence-corrected chi connectivity index (χ1v) is 9.61. The van der Waals surface area contributed by atoms with Crippen LogP contribution >= 0.6 is 0 Å². The molecular formula is C21H25N5O2. The van der Waals surface area contributed by atoms with Crippen LogP contribution in [0.15, 0.2) is 53.5 Å². The Hall–Kier alpha value is -2.77. The molecule has 1 aliphatic rings. The molecule has 0 spiro atoms. The lowest BCUT2D eigenvalue weighted by Gasteiger charge is -2.42. The van der Waals surface area contributed by atoms with Crippen LogP contribution < -0.4 is 4.90 Å². The van der Waals surface area contributed by atoms with E-state index >= 15 is 0 Å². The number of benzene rings is 1. The second-order valence-corrected chi connectivity index (χ2v) is 7.23. The first kappa shape index (κ1) is 18.6. The maximum Gasteiger partial charge on any atom is 0.214 e. The normalized spacial score (nSPS) is 17.8. The van der Waals surface area contributed by atoms with Gasteiger partial charge in [-0.25, -0.2) is 4.98 Å². The van der Waals surface area contributed by atoms with Crippen molar-refractivity contribution in [2.24, 2.45) is 0 Å². The monoisotopic (exact) mass is 379 g/mol. The lowest BCUT2D eigenvalue weighted by atomic mass is 10.1. The molecule has 1 aromatic carbocycles. The highest BCUT2D eigenvalue weighted by atomic mass is 16.5. The second-order valence-electron chi connectivity index (χ2n) is 7.23. The van der Waals surface area contributed by atoms with Crippen LogP contribution in [-0.2, 0) is 6.54 Å². The molecular weight excluding hydrogens is 354 g/mol. The number of hydrogen-bond acceptors (Lipinski definition) is 7. The van der Waals surface area contributed by atoms with Gasteiger partial charge in [-0.2, -0.15) is 4.98 Å². The third kappa shape index (κ3) is 4.21. The minimum absolute atomic E-state index is 0.180. The Morgan fingerprint density at radius 3 is 2.75 bits per heavy atom. The smallest absolute Gasteiger partial charge is 0.214 e. The number of aliphatic hydroxyl groups excluding tert-OH is 1. The number of aliphatic hydroxyl groups is 1. The molecule has 1 aliphatic heterocycles. The number of pyridine rings is 1. The summed E-state index contributed by atoms with van der Waals surface area (Å²) in [6.45, 7) is 5.82. The van der Waals surface area contributed by atoms with E-state index in [2.05, 4.69) is 56.1 Å². The molecule has 1 saturated heterocycles. The van der Waals surface area contributed by atoms with Crippen LogP contribution in [0.2, 0.25) is 0 Å². The van der Waals surface area contributed by atoms with Gasteiger partial charge in [0.25, 0.3) is 0 Å². The summed E-state index contributed by atoms with van der Waals surface area (Å²) >= 11 is 0. The van der Waals surface area contributed by atoms with Gasteiger partial charge in [-0.05, 0) is 31.0 Å². The SMILES string of the molecule is Cc1ccc(CN2CCN(c3cc(-c4ncon4)ccn3)CC2CCO)cc1. The highest BCUT2D eigenvalue weighted by molar-refractivity contribution is 5.59. The summed E-state index contributed by atoms with van der Waals surface area (Å²) in [4.78, 5) is 13.4. The lowest BCUT2D eigenvalue weighted by Crippen LogP contribution is -2.53. The van der Waals surface area contributed by atoms with Gasteiger partial charge in [0.1, 0.15) is 5.82 Å². The fraction of sp³-hybridized carbons (Fsp3) is 0.381. The van der Waals surface area contributed by atoms with E-state index in [1.54, 1.807) is 6.20 Å². The topological polar surface area (TPSA) is 78.5 Å². The van der Waals surface area contributed by atoms with Crippen LogP contribution in [-0.4, -0.2) is 57.4 Å².